The first-order valence-corrected chi connectivity index (χ1v) is 7.39. The maximum Gasteiger partial charge on any atom is 0.340 e. The van der Waals surface area contributed by atoms with Gasteiger partial charge in [0.2, 0.25) is 11.8 Å². The lowest BCUT2D eigenvalue weighted by molar-refractivity contribution is -0.125. The molecule has 0 aliphatic carbocycles. The number of amides is 2. The smallest absolute Gasteiger partial charge is 0.340 e. The van der Waals surface area contributed by atoms with Crippen molar-refractivity contribution in [1.29, 1.82) is 0 Å². The van der Waals surface area contributed by atoms with E-state index in [1.165, 1.54) is 26.4 Å². The number of nitrogens with two attached hydrogens (primary N) is 1. The minimum Gasteiger partial charge on any atom is -0.497 e. The number of hydrogen-bond donors (Lipinski definition) is 3. The largest absolute Gasteiger partial charge is 0.497 e. The van der Waals surface area contributed by atoms with Gasteiger partial charge in [-0.1, -0.05) is 13.8 Å². The topological polar surface area (TPSA) is 120 Å². The number of rotatable bonds is 7. The molecule has 0 bridgehead atoms. The molecule has 8 nitrogen and oxygen atoms in total. The maximum atomic E-state index is 12.0. The normalized spacial score (nSPS) is 11.1. The van der Waals surface area contributed by atoms with E-state index >= 15 is 0 Å². The highest BCUT2D eigenvalue weighted by Gasteiger charge is 2.19. The van der Waals surface area contributed by atoms with E-state index in [1.807, 2.05) is 13.8 Å². The monoisotopic (exact) mass is 373 g/mol. The summed E-state index contributed by atoms with van der Waals surface area (Å²) in [6.45, 7) is 3.36. The molecular formula is C16H24ClN3O5. The Balaban J connectivity index is 0.00000576. The summed E-state index contributed by atoms with van der Waals surface area (Å²) < 4.78 is 9.73. The molecule has 4 N–H and O–H groups in total. The molecular weight excluding hydrogens is 350 g/mol. The van der Waals surface area contributed by atoms with Gasteiger partial charge < -0.3 is 25.8 Å². The number of esters is 1. The fourth-order valence-electron chi connectivity index (χ4n) is 1.82. The van der Waals surface area contributed by atoms with Crippen molar-refractivity contribution in [1.82, 2.24) is 5.32 Å². The molecule has 0 radical (unpaired) electrons. The number of carbonyl (C=O) groups excluding carboxylic acids is 3. The number of nitrogens with one attached hydrogen (secondary N) is 2. The van der Waals surface area contributed by atoms with E-state index in [1.54, 1.807) is 6.07 Å². The van der Waals surface area contributed by atoms with Gasteiger partial charge in [-0.05, 0) is 24.1 Å². The van der Waals surface area contributed by atoms with Crippen molar-refractivity contribution in [2.75, 3.05) is 26.1 Å². The molecule has 140 valence electrons. The second-order valence-electron chi connectivity index (χ2n) is 5.44. The number of anilines is 1. The van der Waals surface area contributed by atoms with Crippen molar-refractivity contribution >= 4 is 35.9 Å². The molecule has 1 rings (SSSR count). The number of carbonyl (C=O) groups is 3. The highest BCUT2D eigenvalue weighted by molar-refractivity contribution is 6.02. The minimum atomic E-state index is -0.690. The van der Waals surface area contributed by atoms with Crippen LogP contribution in [0, 0.1) is 5.92 Å². The predicted octanol–water partition coefficient (Wildman–Crippen LogP) is 0.942. The number of ether oxygens (including phenoxy) is 2. The number of benzene rings is 1. The molecule has 25 heavy (non-hydrogen) atoms. The predicted molar refractivity (Wildman–Crippen MR) is 96.0 cm³/mol. The van der Waals surface area contributed by atoms with Crippen LogP contribution in [0.3, 0.4) is 0 Å². The Labute approximate surface area is 152 Å². The summed E-state index contributed by atoms with van der Waals surface area (Å²) in [5, 5.41) is 5.00. The molecule has 0 saturated heterocycles. The lowest BCUT2D eigenvalue weighted by atomic mass is 10.1. The SMILES string of the molecule is COC(=O)c1cc(OC)ccc1NC(=O)CNC(=O)[C@@H](N)C(C)C.Cl. The van der Waals surface area contributed by atoms with Crippen LogP contribution in [0.1, 0.15) is 24.2 Å². The number of halogens is 1. The maximum absolute atomic E-state index is 12.0. The van der Waals surface area contributed by atoms with Gasteiger partial charge in [0.1, 0.15) is 5.75 Å². The van der Waals surface area contributed by atoms with Crippen molar-refractivity contribution in [3.05, 3.63) is 23.8 Å². The quantitative estimate of drug-likeness (QED) is 0.612. The molecule has 0 heterocycles. The van der Waals surface area contributed by atoms with Crippen LogP contribution in [0.15, 0.2) is 18.2 Å². The molecule has 9 heteroatoms. The summed E-state index contributed by atoms with van der Waals surface area (Å²) in [6.07, 6.45) is 0. The molecule has 0 aliphatic heterocycles. The van der Waals surface area contributed by atoms with Gasteiger partial charge in [0, 0.05) is 0 Å². The van der Waals surface area contributed by atoms with Crippen LogP contribution in [0.2, 0.25) is 0 Å². The van der Waals surface area contributed by atoms with E-state index in [2.05, 4.69) is 15.4 Å². The lowest BCUT2D eigenvalue weighted by Gasteiger charge is -2.15. The van der Waals surface area contributed by atoms with Gasteiger partial charge in [-0.15, -0.1) is 12.4 Å². The highest BCUT2D eigenvalue weighted by atomic mass is 35.5. The van der Waals surface area contributed by atoms with E-state index in [4.69, 9.17) is 10.5 Å². The Kier molecular flexibility index (Phi) is 9.55. The first-order valence-electron chi connectivity index (χ1n) is 7.39. The third-order valence-electron chi connectivity index (χ3n) is 3.35. The van der Waals surface area contributed by atoms with E-state index in [0.717, 1.165) is 0 Å². The zero-order chi connectivity index (χ0) is 18.3. The number of methoxy groups -OCH3 is 2. The van der Waals surface area contributed by atoms with Gasteiger partial charge in [0.05, 0.1) is 38.1 Å². The van der Waals surface area contributed by atoms with Gasteiger partial charge in [0.25, 0.3) is 0 Å². The zero-order valence-electron chi connectivity index (χ0n) is 14.6. The first kappa shape index (κ1) is 22.7. The second kappa shape index (κ2) is 10.5. The van der Waals surface area contributed by atoms with Gasteiger partial charge in [-0.3, -0.25) is 9.59 Å². The van der Waals surface area contributed by atoms with Crippen LogP contribution in [0.5, 0.6) is 5.75 Å². The molecule has 0 fully saturated rings. The van der Waals surface area contributed by atoms with E-state index in [9.17, 15) is 14.4 Å². The van der Waals surface area contributed by atoms with E-state index < -0.39 is 23.8 Å². The second-order valence-corrected chi connectivity index (χ2v) is 5.44. The average molecular weight is 374 g/mol. The summed E-state index contributed by atoms with van der Waals surface area (Å²) in [5.74, 6) is -1.11. The fraction of sp³-hybridized carbons (Fsp3) is 0.438. The fourth-order valence-corrected chi connectivity index (χ4v) is 1.82. The minimum absolute atomic E-state index is 0. The van der Waals surface area contributed by atoms with E-state index in [-0.39, 0.29) is 36.1 Å². The summed E-state index contributed by atoms with van der Waals surface area (Å²) in [5.41, 5.74) is 6.10. The lowest BCUT2D eigenvalue weighted by Crippen LogP contribution is -2.46. The Morgan fingerprint density at radius 3 is 2.36 bits per heavy atom. The summed E-state index contributed by atoms with van der Waals surface area (Å²) in [7, 11) is 2.70. The van der Waals surface area contributed by atoms with Crippen LogP contribution in [-0.4, -0.2) is 44.6 Å². The molecule has 2 amide bonds. The van der Waals surface area contributed by atoms with Crippen molar-refractivity contribution in [2.24, 2.45) is 11.7 Å². The standard InChI is InChI=1S/C16H23N3O5.ClH/c1-9(2)14(17)15(21)18-8-13(20)19-12-6-5-10(23-3)7-11(12)16(22)24-4;/h5-7,9,14H,8,17H2,1-4H3,(H,18,21)(H,19,20);1H/t14-;/m0./s1. The molecule has 0 aliphatic rings. The van der Waals surface area contributed by atoms with Gasteiger partial charge >= 0.3 is 5.97 Å². The molecule has 0 unspecified atom stereocenters. The highest BCUT2D eigenvalue weighted by Crippen LogP contribution is 2.22. The summed E-state index contributed by atoms with van der Waals surface area (Å²) in [4.78, 5) is 35.5. The zero-order valence-corrected chi connectivity index (χ0v) is 15.4. The van der Waals surface area contributed by atoms with Gasteiger partial charge in [-0.2, -0.15) is 0 Å². The molecule has 1 aromatic carbocycles. The van der Waals surface area contributed by atoms with Crippen LogP contribution < -0.4 is 21.1 Å². The Hall–Kier alpha value is -2.32. The van der Waals surface area contributed by atoms with Gasteiger partial charge in [0.15, 0.2) is 0 Å². The molecule has 1 aromatic rings. The summed E-state index contributed by atoms with van der Waals surface area (Å²) >= 11 is 0. The molecule has 1 atom stereocenters. The first-order chi connectivity index (χ1) is 11.3. The van der Waals surface area contributed by atoms with Crippen molar-refractivity contribution in [3.8, 4) is 5.75 Å². The van der Waals surface area contributed by atoms with Crippen LogP contribution in [0.25, 0.3) is 0 Å². The van der Waals surface area contributed by atoms with E-state index in [0.29, 0.717) is 5.75 Å². The van der Waals surface area contributed by atoms with Gasteiger partial charge in [-0.25, -0.2) is 4.79 Å². The van der Waals surface area contributed by atoms with Crippen molar-refractivity contribution in [3.63, 3.8) is 0 Å². The third-order valence-corrected chi connectivity index (χ3v) is 3.35. The van der Waals surface area contributed by atoms with Crippen LogP contribution in [0.4, 0.5) is 5.69 Å². The summed E-state index contributed by atoms with van der Waals surface area (Å²) in [6, 6.07) is 3.87. The Bertz CT molecular complexity index is 622. The third kappa shape index (κ3) is 6.60. The number of hydrogen-bond acceptors (Lipinski definition) is 6. The molecule has 0 spiro atoms. The van der Waals surface area contributed by atoms with Crippen LogP contribution in [-0.2, 0) is 14.3 Å². The molecule has 0 saturated carbocycles. The van der Waals surface area contributed by atoms with Crippen molar-refractivity contribution in [2.45, 2.75) is 19.9 Å². The average Bonchev–Trinajstić information content (AvgIpc) is 2.58. The van der Waals surface area contributed by atoms with Crippen LogP contribution >= 0.6 is 12.4 Å². The Morgan fingerprint density at radius 1 is 1.20 bits per heavy atom. The Morgan fingerprint density at radius 2 is 1.84 bits per heavy atom. The molecule has 0 aromatic heterocycles. The van der Waals surface area contributed by atoms with Crippen molar-refractivity contribution < 1.29 is 23.9 Å².